The molecule has 2 aromatic rings. The number of carbonyl (C=O) groups excluding carboxylic acids is 2. The molecule has 4 heteroatoms. The summed E-state index contributed by atoms with van der Waals surface area (Å²) in [6.45, 7) is 7.89. The first-order valence-electron chi connectivity index (χ1n) is 8.68. The second-order valence-electron chi connectivity index (χ2n) is 6.60. The maximum atomic E-state index is 12.6. The third kappa shape index (κ3) is 5.18. The average Bonchev–Trinajstić information content (AvgIpc) is 2.60. The first-order chi connectivity index (χ1) is 11.9. The summed E-state index contributed by atoms with van der Waals surface area (Å²) >= 11 is 0. The highest BCUT2D eigenvalue weighted by atomic mass is 16.2. The Labute approximate surface area is 149 Å². The van der Waals surface area contributed by atoms with E-state index in [1.165, 1.54) is 5.56 Å². The zero-order valence-electron chi connectivity index (χ0n) is 15.3. The van der Waals surface area contributed by atoms with E-state index in [1.54, 1.807) is 12.1 Å². The monoisotopic (exact) mass is 338 g/mol. The zero-order valence-corrected chi connectivity index (χ0v) is 15.3. The molecule has 0 aromatic heterocycles. The lowest BCUT2D eigenvalue weighted by Crippen LogP contribution is -2.47. The Kier molecular flexibility index (Phi) is 6.34. The molecule has 2 N–H and O–H groups in total. The summed E-state index contributed by atoms with van der Waals surface area (Å²) in [4.78, 5) is 25.0. The maximum Gasteiger partial charge on any atom is 0.251 e. The van der Waals surface area contributed by atoms with Crippen LogP contribution < -0.4 is 10.6 Å². The van der Waals surface area contributed by atoms with Crippen LogP contribution in [0.15, 0.2) is 48.5 Å². The molecule has 132 valence electrons. The first kappa shape index (κ1) is 18.7. The molecule has 0 aliphatic rings. The van der Waals surface area contributed by atoms with Crippen molar-refractivity contribution in [3.63, 3.8) is 0 Å². The van der Waals surface area contributed by atoms with Crippen LogP contribution in [-0.2, 0) is 11.2 Å². The molecule has 0 saturated carbocycles. The van der Waals surface area contributed by atoms with E-state index >= 15 is 0 Å². The zero-order chi connectivity index (χ0) is 18.4. The fourth-order valence-corrected chi connectivity index (χ4v) is 2.51. The highest BCUT2D eigenvalue weighted by Gasteiger charge is 2.24. The van der Waals surface area contributed by atoms with Crippen LogP contribution in [0.2, 0.25) is 0 Å². The number of hydrogen-bond acceptors (Lipinski definition) is 2. The average molecular weight is 338 g/mol. The molecule has 0 bridgehead atoms. The van der Waals surface area contributed by atoms with E-state index < -0.39 is 6.04 Å². The van der Waals surface area contributed by atoms with Crippen molar-refractivity contribution in [2.24, 2.45) is 5.92 Å². The summed E-state index contributed by atoms with van der Waals surface area (Å²) in [5, 5.41) is 5.73. The van der Waals surface area contributed by atoms with Gasteiger partial charge in [-0.3, -0.25) is 9.59 Å². The standard InChI is InChI=1S/C21H26N2O2/c1-5-16-8-12-18(13-9-16)22-21(25)19(14(2)3)23-20(24)17-10-6-15(4)7-11-17/h6-14,19H,5H2,1-4H3,(H,22,25)(H,23,24)/t19-/m0/s1. The van der Waals surface area contributed by atoms with Crippen LogP contribution in [0.25, 0.3) is 0 Å². The van der Waals surface area contributed by atoms with Crippen molar-refractivity contribution in [2.75, 3.05) is 5.32 Å². The molecule has 2 rings (SSSR count). The van der Waals surface area contributed by atoms with Crippen molar-refractivity contribution in [1.29, 1.82) is 0 Å². The molecular formula is C21H26N2O2. The summed E-state index contributed by atoms with van der Waals surface area (Å²) in [6, 6.07) is 14.5. The van der Waals surface area contributed by atoms with Crippen molar-refractivity contribution in [2.45, 2.75) is 40.2 Å². The normalized spacial score (nSPS) is 11.9. The smallest absolute Gasteiger partial charge is 0.251 e. The number of carbonyl (C=O) groups is 2. The summed E-state index contributed by atoms with van der Waals surface area (Å²) in [7, 11) is 0. The van der Waals surface area contributed by atoms with Crippen molar-refractivity contribution in [1.82, 2.24) is 5.32 Å². The highest BCUT2D eigenvalue weighted by Crippen LogP contribution is 2.13. The molecule has 0 saturated heterocycles. The van der Waals surface area contributed by atoms with Crippen LogP contribution >= 0.6 is 0 Å². The lowest BCUT2D eigenvalue weighted by molar-refractivity contribution is -0.118. The topological polar surface area (TPSA) is 58.2 Å². The van der Waals surface area contributed by atoms with Gasteiger partial charge in [0.05, 0.1) is 0 Å². The molecule has 2 aromatic carbocycles. The number of benzene rings is 2. The number of nitrogens with one attached hydrogen (secondary N) is 2. The number of rotatable bonds is 6. The van der Waals surface area contributed by atoms with Gasteiger partial charge in [0.25, 0.3) is 5.91 Å². The van der Waals surface area contributed by atoms with E-state index in [9.17, 15) is 9.59 Å². The Morgan fingerprint density at radius 3 is 2.08 bits per heavy atom. The second-order valence-corrected chi connectivity index (χ2v) is 6.60. The fraction of sp³-hybridized carbons (Fsp3) is 0.333. The van der Waals surface area contributed by atoms with Gasteiger partial charge in [-0.25, -0.2) is 0 Å². The lowest BCUT2D eigenvalue weighted by atomic mass is 10.0. The molecular weight excluding hydrogens is 312 g/mol. The van der Waals surface area contributed by atoms with Gasteiger partial charge < -0.3 is 10.6 Å². The molecule has 4 nitrogen and oxygen atoms in total. The molecule has 0 heterocycles. The number of anilines is 1. The highest BCUT2D eigenvalue weighted by molar-refractivity contribution is 6.01. The molecule has 0 spiro atoms. The summed E-state index contributed by atoms with van der Waals surface area (Å²) < 4.78 is 0. The molecule has 0 radical (unpaired) electrons. The Bertz CT molecular complexity index is 719. The van der Waals surface area contributed by atoms with Crippen molar-refractivity contribution in [3.05, 3.63) is 65.2 Å². The molecule has 0 unspecified atom stereocenters. The van der Waals surface area contributed by atoms with Crippen molar-refractivity contribution < 1.29 is 9.59 Å². The first-order valence-corrected chi connectivity index (χ1v) is 8.68. The van der Waals surface area contributed by atoms with Crippen molar-refractivity contribution >= 4 is 17.5 Å². The Morgan fingerprint density at radius 1 is 0.960 bits per heavy atom. The van der Waals surface area contributed by atoms with Gasteiger partial charge in [-0.1, -0.05) is 50.6 Å². The Morgan fingerprint density at radius 2 is 1.56 bits per heavy atom. The minimum atomic E-state index is -0.598. The van der Waals surface area contributed by atoms with Crippen molar-refractivity contribution in [3.8, 4) is 0 Å². The van der Waals surface area contributed by atoms with E-state index in [1.807, 2.05) is 57.2 Å². The Hall–Kier alpha value is -2.62. The second kappa shape index (κ2) is 8.47. The van der Waals surface area contributed by atoms with Gasteiger partial charge in [-0.05, 0) is 49.1 Å². The van der Waals surface area contributed by atoms with Crippen LogP contribution in [0, 0.1) is 12.8 Å². The van der Waals surface area contributed by atoms with Gasteiger partial charge in [-0.15, -0.1) is 0 Å². The van der Waals surface area contributed by atoms with Crippen LogP contribution in [0.1, 0.15) is 42.3 Å². The van der Waals surface area contributed by atoms with Gasteiger partial charge in [0.15, 0.2) is 0 Å². The predicted molar refractivity (Wildman–Crippen MR) is 102 cm³/mol. The van der Waals surface area contributed by atoms with E-state index in [-0.39, 0.29) is 17.7 Å². The minimum Gasteiger partial charge on any atom is -0.340 e. The van der Waals surface area contributed by atoms with Crippen LogP contribution in [0.4, 0.5) is 5.69 Å². The summed E-state index contributed by atoms with van der Waals surface area (Å²) in [6.07, 6.45) is 0.954. The molecule has 25 heavy (non-hydrogen) atoms. The third-order valence-corrected chi connectivity index (χ3v) is 4.18. The number of amides is 2. The lowest BCUT2D eigenvalue weighted by Gasteiger charge is -2.22. The maximum absolute atomic E-state index is 12.6. The van der Waals surface area contributed by atoms with Crippen LogP contribution in [-0.4, -0.2) is 17.9 Å². The summed E-state index contributed by atoms with van der Waals surface area (Å²) in [5.41, 5.74) is 3.59. The largest absolute Gasteiger partial charge is 0.340 e. The van der Waals surface area contributed by atoms with E-state index in [0.29, 0.717) is 5.56 Å². The van der Waals surface area contributed by atoms with Crippen LogP contribution in [0.5, 0.6) is 0 Å². The predicted octanol–water partition coefficient (Wildman–Crippen LogP) is 3.95. The van der Waals surface area contributed by atoms with Gasteiger partial charge in [0, 0.05) is 11.3 Å². The number of aryl methyl sites for hydroxylation is 2. The van der Waals surface area contributed by atoms with E-state index in [0.717, 1.165) is 17.7 Å². The van der Waals surface area contributed by atoms with Crippen LogP contribution in [0.3, 0.4) is 0 Å². The van der Waals surface area contributed by atoms with Gasteiger partial charge in [-0.2, -0.15) is 0 Å². The number of hydrogen-bond donors (Lipinski definition) is 2. The van der Waals surface area contributed by atoms with E-state index in [2.05, 4.69) is 17.6 Å². The van der Waals surface area contributed by atoms with E-state index in [4.69, 9.17) is 0 Å². The molecule has 2 amide bonds. The molecule has 0 fully saturated rings. The summed E-state index contributed by atoms with van der Waals surface area (Å²) in [5.74, 6) is -0.473. The van der Waals surface area contributed by atoms with Gasteiger partial charge in [0.1, 0.15) is 6.04 Å². The quantitative estimate of drug-likeness (QED) is 0.838. The van der Waals surface area contributed by atoms with Gasteiger partial charge >= 0.3 is 0 Å². The van der Waals surface area contributed by atoms with Gasteiger partial charge in [0.2, 0.25) is 5.91 Å². The molecule has 1 atom stereocenters. The molecule has 0 aliphatic heterocycles. The third-order valence-electron chi connectivity index (χ3n) is 4.18. The molecule has 0 aliphatic carbocycles. The Balaban J connectivity index is 2.06. The fourth-order valence-electron chi connectivity index (χ4n) is 2.51. The SMILES string of the molecule is CCc1ccc(NC(=O)[C@@H](NC(=O)c2ccc(C)cc2)C(C)C)cc1. The minimum absolute atomic E-state index is 0.0238.